The Balaban J connectivity index is 2.16. The van der Waals surface area contributed by atoms with Gasteiger partial charge in [-0.25, -0.2) is 4.39 Å². The summed E-state index contributed by atoms with van der Waals surface area (Å²) < 4.78 is 21.1. The number of hydrogen-bond acceptors (Lipinski definition) is 3. The molecule has 0 bridgehead atoms. The number of aliphatic hydroxyl groups is 1. The molecular formula is C16H25BrFNO2Si. The summed E-state index contributed by atoms with van der Waals surface area (Å²) in [5.41, 5.74) is -1.53. The van der Waals surface area contributed by atoms with Crippen LogP contribution in [-0.2, 0) is 10.0 Å². The predicted octanol–water partition coefficient (Wildman–Crippen LogP) is 4.75. The van der Waals surface area contributed by atoms with Crippen molar-refractivity contribution in [1.82, 2.24) is 4.98 Å². The molecule has 1 aromatic rings. The van der Waals surface area contributed by atoms with E-state index in [0.29, 0.717) is 17.3 Å². The average Bonchev–Trinajstić information content (AvgIpc) is 2.23. The molecular weight excluding hydrogens is 365 g/mol. The first-order valence-corrected chi connectivity index (χ1v) is 11.2. The minimum atomic E-state index is -1.93. The predicted molar refractivity (Wildman–Crippen MR) is 91.7 cm³/mol. The molecule has 0 radical (unpaired) electrons. The van der Waals surface area contributed by atoms with E-state index >= 15 is 0 Å². The topological polar surface area (TPSA) is 42.4 Å². The summed E-state index contributed by atoms with van der Waals surface area (Å²) in [4.78, 5) is 4.07. The van der Waals surface area contributed by atoms with Crippen LogP contribution in [0.3, 0.4) is 0 Å². The maximum absolute atomic E-state index is 14.1. The number of aromatic nitrogens is 1. The van der Waals surface area contributed by atoms with E-state index in [-0.39, 0.29) is 10.7 Å². The summed E-state index contributed by atoms with van der Waals surface area (Å²) in [7, 11) is -1.93. The van der Waals surface area contributed by atoms with E-state index in [1.54, 1.807) is 0 Å². The molecule has 1 saturated carbocycles. The molecule has 2 rings (SSSR count). The van der Waals surface area contributed by atoms with Gasteiger partial charge in [0.05, 0.1) is 5.60 Å². The van der Waals surface area contributed by atoms with Crippen molar-refractivity contribution in [3.63, 3.8) is 0 Å². The fraction of sp³-hybridized carbons (Fsp3) is 0.688. The van der Waals surface area contributed by atoms with Crippen LogP contribution in [0.4, 0.5) is 4.39 Å². The molecule has 1 aliphatic carbocycles. The van der Waals surface area contributed by atoms with Crippen molar-refractivity contribution in [1.29, 1.82) is 0 Å². The molecule has 3 nitrogen and oxygen atoms in total. The van der Waals surface area contributed by atoms with Crippen LogP contribution >= 0.6 is 15.9 Å². The quantitative estimate of drug-likeness (QED) is 0.758. The highest BCUT2D eigenvalue weighted by molar-refractivity contribution is 9.10. The van der Waals surface area contributed by atoms with Gasteiger partial charge in [-0.3, -0.25) is 4.98 Å². The Morgan fingerprint density at radius 3 is 2.36 bits per heavy atom. The molecule has 1 fully saturated rings. The van der Waals surface area contributed by atoms with Gasteiger partial charge >= 0.3 is 0 Å². The van der Waals surface area contributed by atoms with Crippen molar-refractivity contribution in [2.24, 2.45) is 0 Å². The molecule has 22 heavy (non-hydrogen) atoms. The van der Waals surface area contributed by atoms with Gasteiger partial charge in [0.25, 0.3) is 0 Å². The molecule has 0 aliphatic heterocycles. The lowest BCUT2D eigenvalue weighted by molar-refractivity contribution is -0.171. The number of pyridine rings is 1. The molecule has 1 aromatic heterocycles. The molecule has 0 atom stereocenters. The van der Waals surface area contributed by atoms with Crippen molar-refractivity contribution < 1.29 is 13.9 Å². The van der Waals surface area contributed by atoms with Crippen LogP contribution < -0.4 is 0 Å². The monoisotopic (exact) mass is 389 g/mol. The average molecular weight is 390 g/mol. The third-order valence-corrected chi connectivity index (χ3v) is 9.94. The fourth-order valence-corrected chi connectivity index (χ4v) is 4.94. The standard InChI is InChI=1S/C16H25BrFNO2Si/c1-14(2,3)22(5,6)21-15(4)9-16(20,10-15)13-12(18)7-11(17)8-19-13/h7-8,20H,9-10H2,1-6H3. The lowest BCUT2D eigenvalue weighted by atomic mass is 9.66. The number of halogens is 2. The van der Waals surface area contributed by atoms with E-state index in [1.165, 1.54) is 12.3 Å². The maximum Gasteiger partial charge on any atom is 0.192 e. The van der Waals surface area contributed by atoms with Crippen molar-refractivity contribution in [2.45, 2.75) is 69.9 Å². The Bertz CT molecular complexity index is 580. The van der Waals surface area contributed by atoms with Gasteiger partial charge in [0, 0.05) is 23.5 Å². The van der Waals surface area contributed by atoms with E-state index < -0.39 is 25.3 Å². The van der Waals surface area contributed by atoms with Gasteiger partial charge in [-0.15, -0.1) is 0 Å². The Morgan fingerprint density at radius 1 is 1.36 bits per heavy atom. The second-order valence-corrected chi connectivity index (χ2v) is 13.8. The van der Waals surface area contributed by atoms with Crippen molar-refractivity contribution in [2.75, 3.05) is 0 Å². The van der Waals surface area contributed by atoms with Gasteiger partial charge in [0.1, 0.15) is 17.1 Å². The highest BCUT2D eigenvalue weighted by Gasteiger charge is 2.57. The van der Waals surface area contributed by atoms with Gasteiger partial charge in [-0.05, 0) is 47.1 Å². The first-order chi connectivity index (χ1) is 9.78. The first-order valence-electron chi connectivity index (χ1n) is 7.52. The van der Waals surface area contributed by atoms with Gasteiger partial charge in [0.2, 0.25) is 0 Å². The number of rotatable bonds is 3. The first kappa shape index (κ1) is 18.0. The van der Waals surface area contributed by atoms with Crippen molar-refractivity contribution in [3.8, 4) is 0 Å². The third-order valence-electron chi connectivity index (χ3n) is 4.89. The summed E-state index contributed by atoms with van der Waals surface area (Å²) in [5, 5.41) is 10.8. The second-order valence-electron chi connectivity index (χ2n) is 8.18. The van der Waals surface area contributed by atoms with Crippen LogP contribution in [0.25, 0.3) is 0 Å². The third kappa shape index (κ3) is 3.30. The van der Waals surface area contributed by atoms with E-state index in [4.69, 9.17) is 4.43 Å². The summed E-state index contributed by atoms with van der Waals surface area (Å²) >= 11 is 3.18. The molecule has 1 N–H and O–H groups in total. The smallest absolute Gasteiger partial charge is 0.192 e. The lowest BCUT2D eigenvalue weighted by Crippen LogP contribution is -2.60. The fourth-order valence-electron chi connectivity index (χ4n) is 2.95. The Labute approximate surface area is 141 Å². The van der Waals surface area contributed by atoms with Gasteiger partial charge in [-0.2, -0.15) is 0 Å². The summed E-state index contributed by atoms with van der Waals surface area (Å²) in [6.07, 6.45) is 2.26. The Kier molecular flexibility index (Phi) is 4.40. The van der Waals surface area contributed by atoms with E-state index in [1.807, 2.05) is 6.92 Å². The molecule has 0 aromatic carbocycles. The van der Waals surface area contributed by atoms with Crippen LogP contribution in [-0.4, -0.2) is 24.0 Å². The summed E-state index contributed by atoms with van der Waals surface area (Å²) in [6.45, 7) is 12.9. The summed E-state index contributed by atoms with van der Waals surface area (Å²) in [6, 6.07) is 1.34. The van der Waals surface area contributed by atoms with Gasteiger partial charge < -0.3 is 9.53 Å². The highest BCUT2D eigenvalue weighted by atomic mass is 79.9. The zero-order valence-corrected chi connectivity index (χ0v) is 16.7. The molecule has 0 unspecified atom stereocenters. The zero-order valence-electron chi connectivity index (χ0n) is 14.1. The molecule has 124 valence electrons. The lowest BCUT2D eigenvalue weighted by Gasteiger charge is -2.55. The van der Waals surface area contributed by atoms with Crippen LogP contribution in [0.2, 0.25) is 18.1 Å². The van der Waals surface area contributed by atoms with E-state index in [2.05, 4.69) is 54.8 Å². The molecule has 0 amide bonds. The van der Waals surface area contributed by atoms with Crippen LogP contribution in [0.15, 0.2) is 16.7 Å². The molecule has 0 saturated heterocycles. The van der Waals surface area contributed by atoms with Crippen molar-refractivity contribution >= 4 is 24.2 Å². The Hall–Kier alpha value is -0.303. The number of nitrogens with zero attached hydrogens (tertiary/aromatic N) is 1. The van der Waals surface area contributed by atoms with Crippen LogP contribution in [0.1, 0.15) is 46.2 Å². The normalized spacial score (nSPS) is 29.3. The largest absolute Gasteiger partial charge is 0.411 e. The SMILES string of the molecule is CC1(O[Si](C)(C)C(C)(C)C)CC(O)(c2ncc(Br)cc2F)C1. The summed E-state index contributed by atoms with van der Waals surface area (Å²) in [5.74, 6) is -0.480. The van der Waals surface area contributed by atoms with E-state index in [9.17, 15) is 9.50 Å². The molecule has 1 heterocycles. The number of hydrogen-bond donors (Lipinski definition) is 1. The minimum absolute atomic E-state index is 0.102. The molecule has 6 heteroatoms. The van der Waals surface area contributed by atoms with Crippen molar-refractivity contribution in [3.05, 3.63) is 28.2 Å². The minimum Gasteiger partial charge on any atom is -0.411 e. The van der Waals surface area contributed by atoms with Crippen LogP contribution in [0, 0.1) is 5.82 Å². The van der Waals surface area contributed by atoms with Gasteiger partial charge in [-0.1, -0.05) is 20.8 Å². The zero-order chi connectivity index (χ0) is 17.0. The van der Waals surface area contributed by atoms with E-state index in [0.717, 1.165) is 0 Å². The molecule has 0 spiro atoms. The van der Waals surface area contributed by atoms with Crippen LogP contribution in [0.5, 0.6) is 0 Å². The maximum atomic E-state index is 14.1. The highest BCUT2D eigenvalue weighted by Crippen LogP contribution is 2.53. The molecule has 1 aliphatic rings. The van der Waals surface area contributed by atoms with Gasteiger partial charge in [0.15, 0.2) is 8.32 Å². The second kappa shape index (κ2) is 5.36. The Morgan fingerprint density at radius 2 is 1.91 bits per heavy atom.